The lowest BCUT2D eigenvalue weighted by atomic mass is 10.1. The first-order valence-electron chi connectivity index (χ1n) is 6.34. The van der Waals surface area contributed by atoms with Crippen molar-refractivity contribution in [3.05, 3.63) is 53.3 Å². The van der Waals surface area contributed by atoms with Crippen LogP contribution >= 0.6 is 0 Å². The zero-order valence-electron chi connectivity index (χ0n) is 12.1. The first-order chi connectivity index (χ1) is 9.71. The molecular weight excluding hydrogens is 291 g/mol. The van der Waals surface area contributed by atoms with Gasteiger partial charge in [-0.3, -0.25) is 4.31 Å². The van der Waals surface area contributed by atoms with E-state index in [1.54, 1.807) is 12.1 Å². The SMILES string of the molecule is Cc1cc(C)cc(N(C)S(=O)(=O)c2ccc(F)c(N)c2)c1. The van der Waals surface area contributed by atoms with Gasteiger partial charge in [0.15, 0.2) is 0 Å². The summed E-state index contributed by atoms with van der Waals surface area (Å²) in [5.74, 6) is -0.636. The molecule has 0 radical (unpaired) electrons. The summed E-state index contributed by atoms with van der Waals surface area (Å²) < 4.78 is 39.5. The van der Waals surface area contributed by atoms with Crippen LogP contribution in [0.4, 0.5) is 15.8 Å². The number of nitrogens with two attached hydrogens (primary N) is 1. The number of nitrogen functional groups attached to an aromatic ring is 1. The van der Waals surface area contributed by atoms with Crippen LogP contribution in [0.15, 0.2) is 41.3 Å². The molecule has 0 aliphatic heterocycles. The van der Waals surface area contributed by atoms with Gasteiger partial charge in [0.1, 0.15) is 5.82 Å². The van der Waals surface area contributed by atoms with Gasteiger partial charge in [0, 0.05) is 7.05 Å². The third-order valence-corrected chi connectivity index (χ3v) is 4.98. The molecule has 0 atom stereocenters. The van der Waals surface area contributed by atoms with E-state index in [1.807, 2.05) is 19.9 Å². The number of hydrogen-bond donors (Lipinski definition) is 1. The third kappa shape index (κ3) is 3.00. The van der Waals surface area contributed by atoms with E-state index in [2.05, 4.69) is 0 Å². The second kappa shape index (κ2) is 5.37. The van der Waals surface area contributed by atoms with Crippen LogP contribution in [-0.2, 0) is 10.0 Å². The van der Waals surface area contributed by atoms with E-state index in [4.69, 9.17) is 5.73 Å². The molecule has 4 nitrogen and oxygen atoms in total. The number of nitrogens with zero attached hydrogens (tertiary/aromatic N) is 1. The van der Waals surface area contributed by atoms with Crippen molar-refractivity contribution < 1.29 is 12.8 Å². The van der Waals surface area contributed by atoms with Gasteiger partial charge in [-0.2, -0.15) is 0 Å². The fourth-order valence-corrected chi connectivity index (χ4v) is 3.33. The van der Waals surface area contributed by atoms with Crippen LogP contribution < -0.4 is 10.0 Å². The van der Waals surface area contributed by atoms with Crippen molar-refractivity contribution >= 4 is 21.4 Å². The highest BCUT2D eigenvalue weighted by Gasteiger charge is 2.22. The summed E-state index contributed by atoms with van der Waals surface area (Å²) in [6.45, 7) is 3.79. The Bertz CT molecular complexity index is 768. The average Bonchev–Trinajstić information content (AvgIpc) is 2.39. The molecular formula is C15H17FN2O2S. The Balaban J connectivity index is 2.49. The van der Waals surface area contributed by atoms with Crippen molar-refractivity contribution in [1.29, 1.82) is 0 Å². The molecule has 0 amide bonds. The lowest BCUT2D eigenvalue weighted by molar-refractivity contribution is 0.593. The molecule has 0 aromatic heterocycles. The van der Waals surface area contributed by atoms with Crippen LogP contribution in [0.3, 0.4) is 0 Å². The fraction of sp³-hybridized carbons (Fsp3) is 0.200. The van der Waals surface area contributed by atoms with E-state index in [-0.39, 0.29) is 10.6 Å². The summed E-state index contributed by atoms with van der Waals surface area (Å²) in [5, 5.41) is 0. The van der Waals surface area contributed by atoms with Crippen molar-refractivity contribution in [2.45, 2.75) is 18.7 Å². The molecule has 0 unspecified atom stereocenters. The summed E-state index contributed by atoms with van der Waals surface area (Å²) in [6, 6.07) is 8.90. The number of halogens is 1. The standard InChI is InChI=1S/C15H17FN2O2S/c1-10-6-11(2)8-12(7-10)18(3)21(19,20)13-4-5-14(16)15(17)9-13/h4-9H,17H2,1-3H3. The van der Waals surface area contributed by atoms with E-state index in [0.717, 1.165) is 23.3 Å². The minimum Gasteiger partial charge on any atom is -0.396 e. The first-order valence-corrected chi connectivity index (χ1v) is 7.78. The highest BCUT2D eigenvalue weighted by molar-refractivity contribution is 7.92. The van der Waals surface area contributed by atoms with Crippen LogP contribution in [0.1, 0.15) is 11.1 Å². The molecule has 0 bridgehead atoms. The Morgan fingerprint density at radius 3 is 2.14 bits per heavy atom. The summed E-state index contributed by atoms with van der Waals surface area (Å²) in [5.41, 5.74) is 7.73. The summed E-state index contributed by atoms with van der Waals surface area (Å²) in [6.07, 6.45) is 0. The van der Waals surface area contributed by atoms with Crippen molar-refractivity contribution in [2.75, 3.05) is 17.1 Å². The maximum Gasteiger partial charge on any atom is 0.264 e. The molecule has 21 heavy (non-hydrogen) atoms. The molecule has 2 N–H and O–H groups in total. The topological polar surface area (TPSA) is 63.4 Å². The lowest BCUT2D eigenvalue weighted by Crippen LogP contribution is -2.26. The number of anilines is 2. The van der Waals surface area contributed by atoms with Crippen molar-refractivity contribution in [3.63, 3.8) is 0 Å². The second-order valence-electron chi connectivity index (χ2n) is 5.00. The zero-order valence-corrected chi connectivity index (χ0v) is 12.9. The molecule has 0 heterocycles. The zero-order chi connectivity index (χ0) is 15.8. The maximum absolute atomic E-state index is 13.2. The molecule has 0 spiro atoms. The predicted molar refractivity (Wildman–Crippen MR) is 82.3 cm³/mol. The van der Waals surface area contributed by atoms with Crippen LogP contribution in [0.2, 0.25) is 0 Å². The molecule has 2 aromatic rings. The average molecular weight is 308 g/mol. The van der Waals surface area contributed by atoms with Crippen molar-refractivity contribution in [3.8, 4) is 0 Å². The van der Waals surface area contributed by atoms with Gasteiger partial charge >= 0.3 is 0 Å². The molecule has 0 saturated heterocycles. The maximum atomic E-state index is 13.2. The lowest BCUT2D eigenvalue weighted by Gasteiger charge is -2.20. The Hall–Kier alpha value is -2.08. The summed E-state index contributed by atoms with van der Waals surface area (Å²) in [4.78, 5) is -0.0388. The highest BCUT2D eigenvalue weighted by Crippen LogP contribution is 2.25. The van der Waals surface area contributed by atoms with Gasteiger partial charge in [0.05, 0.1) is 16.3 Å². The van der Waals surface area contributed by atoms with E-state index in [9.17, 15) is 12.8 Å². The van der Waals surface area contributed by atoms with Crippen molar-refractivity contribution in [1.82, 2.24) is 0 Å². The van der Waals surface area contributed by atoms with Crippen LogP contribution in [0, 0.1) is 19.7 Å². The Labute approximate surface area is 124 Å². The second-order valence-corrected chi connectivity index (χ2v) is 6.97. The van der Waals surface area contributed by atoms with E-state index in [0.29, 0.717) is 5.69 Å². The highest BCUT2D eigenvalue weighted by atomic mass is 32.2. The van der Waals surface area contributed by atoms with Crippen LogP contribution in [0.25, 0.3) is 0 Å². The smallest absolute Gasteiger partial charge is 0.264 e. The molecule has 0 fully saturated rings. The Morgan fingerprint density at radius 1 is 1.05 bits per heavy atom. The van der Waals surface area contributed by atoms with E-state index < -0.39 is 15.8 Å². The van der Waals surface area contributed by atoms with Gasteiger partial charge in [-0.1, -0.05) is 6.07 Å². The van der Waals surface area contributed by atoms with Gasteiger partial charge in [-0.05, 0) is 55.3 Å². The molecule has 112 valence electrons. The Morgan fingerprint density at radius 2 is 1.62 bits per heavy atom. The monoisotopic (exact) mass is 308 g/mol. The molecule has 6 heteroatoms. The fourth-order valence-electron chi connectivity index (χ4n) is 2.11. The normalized spacial score (nSPS) is 11.4. The molecule has 2 aromatic carbocycles. The van der Waals surface area contributed by atoms with E-state index in [1.165, 1.54) is 17.4 Å². The number of aryl methyl sites for hydroxylation is 2. The number of hydrogen-bond acceptors (Lipinski definition) is 3. The number of sulfonamides is 1. The van der Waals surface area contributed by atoms with Crippen molar-refractivity contribution in [2.24, 2.45) is 0 Å². The van der Waals surface area contributed by atoms with E-state index >= 15 is 0 Å². The van der Waals surface area contributed by atoms with Gasteiger partial charge < -0.3 is 5.73 Å². The molecule has 2 rings (SSSR count). The summed E-state index contributed by atoms with van der Waals surface area (Å²) in [7, 11) is -2.32. The molecule has 0 aliphatic rings. The van der Waals surface area contributed by atoms with Crippen LogP contribution in [-0.4, -0.2) is 15.5 Å². The molecule has 0 aliphatic carbocycles. The number of benzene rings is 2. The Kier molecular flexibility index (Phi) is 3.91. The third-order valence-electron chi connectivity index (χ3n) is 3.20. The summed E-state index contributed by atoms with van der Waals surface area (Å²) >= 11 is 0. The van der Waals surface area contributed by atoms with Crippen LogP contribution in [0.5, 0.6) is 0 Å². The predicted octanol–water partition coefficient (Wildman–Crippen LogP) is 2.85. The quantitative estimate of drug-likeness (QED) is 0.887. The van der Waals surface area contributed by atoms with Gasteiger partial charge in [-0.15, -0.1) is 0 Å². The van der Waals surface area contributed by atoms with Gasteiger partial charge in [0.2, 0.25) is 0 Å². The minimum atomic E-state index is -3.78. The van der Waals surface area contributed by atoms with Gasteiger partial charge in [0.25, 0.3) is 10.0 Å². The number of rotatable bonds is 3. The largest absolute Gasteiger partial charge is 0.396 e. The molecule has 0 saturated carbocycles. The van der Waals surface area contributed by atoms with Gasteiger partial charge in [-0.25, -0.2) is 12.8 Å². The first kappa shape index (κ1) is 15.3. The minimum absolute atomic E-state index is 0.0388.